The van der Waals surface area contributed by atoms with E-state index in [9.17, 15) is 5.11 Å². The highest BCUT2D eigenvalue weighted by molar-refractivity contribution is 9.10. The first-order chi connectivity index (χ1) is 7.66. The normalized spacial score (nSPS) is 10.3. The number of aromatic hydroxyl groups is 1. The second-order valence-electron chi connectivity index (χ2n) is 3.65. The fraction of sp³-hybridized carbons (Fsp3) is 0.0769. The van der Waals surface area contributed by atoms with Crippen molar-refractivity contribution in [2.45, 2.75) is 6.42 Å². The molecule has 0 spiro atoms. The third-order valence-corrected chi connectivity index (χ3v) is 3.01. The Kier molecular flexibility index (Phi) is 3.15. The second kappa shape index (κ2) is 4.58. The lowest BCUT2D eigenvalue weighted by Gasteiger charge is -2.07. The molecular weight excluding hydrogens is 266 g/mol. The molecule has 0 aliphatic heterocycles. The first-order valence-electron chi connectivity index (χ1n) is 4.97. The number of phenolic OH excluding ortho intramolecular Hbond substituents is 1. The molecule has 0 aliphatic rings. The number of nitrogen functional groups attached to an aromatic ring is 1. The molecule has 3 heteroatoms. The van der Waals surface area contributed by atoms with Crippen LogP contribution in [0.1, 0.15) is 11.1 Å². The Morgan fingerprint density at radius 3 is 2.44 bits per heavy atom. The molecule has 0 radical (unpaired) electrons. The molecule has 0 aliphatic carbocycles. The molecule has 2 aromatic rings. The Bertz CT molecular complexity index is 494. The third-order valence-electron chi connectivity index (χ3n) is 2.48. The molecule has 0 aromatic heterocycles. The number of hydrogen-bond donors (Lipinski definition) is 2. The lowest BCUT2D eigenvalue weighted by Crippen LogP contribution is -1.95. The van der Waals surface area contributed by atoms with Gasteiger partial charge in [0.25, 0.3) is 0 Å². The van der Waals surface area contributed by atoms with Crippen LogP contribution in [0.25, 0.3) is 0 Å². The summed E-state index contributed by atoms with van der Waals surface area (Å²) in [5, 5.41) is 9.49. The molecule has 3 N–H and O–H groups in total. The van der Waals surface area contributed by atoms with E-state index in [0.29, 0.717) is 5.69 Å². The van der Waals surface area contributed by atoms with Crippen molar-refractivity contribution in [3.63, 3.8) is 0 Å². The van der Waals surface area contributed by atoms with Crippen molar-refractivity contribution in [2.24, 2.45) is 0 Å². The molecule has 0 saturated carbocycles. The van der Waals surface area contributed by atoms with Crippen LogP contribution < -0.4 is 5.73 Å². The minimum atomic E-state index is 0.148. The summed E-state index contributed by atoms with van der Waals surface area (Å²) < 4.78 is 1.06. The van der Waals surface area contributed by atoms with Gasteiger partial charge in [0.2, 0.25) is 0 Å². The number of rotatable bonds is 2. The molecule has 0 unspecified atom stereocenters. The van der Waals surface area contributed by atoms with E-state index in [-0.39, 0.29) is 5.75 Å². The van der Waals surface area contributed by atoms with Crippen molar-refractivity contribution in [3.8, 4) is 5.75 Å². The van der Waals surface area contributed by atoms with Crippen molar-refractivity contribution in [1.29, 1.82) is 0 Å². The van der Waals surface area contributed by atoms with Gasteiger partial charge in [0.1, 0.15) is 5.75 Å². The van der Waals surface area contributed by atoms with Crippen LogP contribution in [-0.4, -0.2) is 5.11 Å². The summed E-state index contributed by atoms with van der Waals surface area (Å²) in [4.78, 5) is 0. The Morgan fingerprint density at radius 2 is 1.75 bits per heavy atom. The maximum atomic E-state index is 9.49. The summed E-state index contributed by atoms with van der Waals surface area (Å²) in [5.41, 5.74) is 8.38. The van der Waals surface area contributed by atoms with Crippen LogP contribution >= 0.6 is 15.9 Å². The minimum Gasteiger partial charge on any atom is -0.506 e. The molecule has 2 nitrogen and oxygen atoms in total. The molecule has 2 rings (SSSR count). The molecular formula is C13H12BrNO. The fourth-order valence-electron chi connectivity index (χ4n) is 1.58. The molecule has 0 bridgehead atoms. The van der Waals surface area contributed by atoms with Crippen LogP contribution in [0.15, 0.2) is 46.9 Å². The Morgan fingerprint density at radius 1 is 1.06 bits per heavy atom. The van der Waals surface area contributed by atoms with E-state index in [1.807, 2.05) is 30.3 Å². The summed E-state index contributed by atoms with van der Waals surface area (Å²) in [7, 11) is 0. The fourth-order valence-corrected chi connectivity index (χ4v) is 1.84. The minimum absolute atomic E-state index is 0.148. The highest BCUT2D eigenvalue weighted by Crippen LogP contribution is 2.25. The van der Waals surface area contributed by atoms with Gasteiger partial charge in [0.05, 0.1) is 5.69 Å². The number of anilines is 1. The van der Waals surface area contributed by atoms with Crippen LogP contribution in [0, 0.1) is 0 Å². The summed E-state index contributed by atoms with van der Waals surface area (Å²) in [6.07, 6.45) is 0.730. The maximum absolute atomic E-state index is 9.49. The average Bonchev–Trinajstić information content (AvgIpc) is 2.28. The molecule has 2 aromatic carbocycles. The predicted octanol–water partition coefficient (Wildman–Crippen LogP) is 3.33. The molecule has 0 fully saturated rings. The van der Waals surface area contributed by atoms with Gasteiger partial charge in [-0.15, -0.1) is 0 Å². The van der Waals surface area contributed by atoms with Crippen LogP contribution in [0.4, 0.5) is 5.69 Å². The van der Waals surface area contributed by atoms with Crippen molar-refractivity contribution in [3.05, 3.63) is 58.1 Å². The first kappa shape index (κ1) is 11.0. The molecule has 0 saturated heterocycles. The van der Waals surface area contributed by atoms with Gasteiger partial charge in [-0.2, -0.15) is 0 Å². The van der Waals surface area contributed by atoms with E-state index in [2.05, 4.69) is 15.9 Å². The SMILES string of the molecule is Nc1c(O)cccc1Cc1ccc(Br)cc1. The molecule has 82 valence electrons. The van der Waals surface area contributed by atoms with Crippen LogP contribution in [0.5, 0.6) is 5.75 Å². The Balaban J connectivity index is 2.27. The predicted molar refractivity (Wildman–Crippen MR) is 69.5 cm³/mol. The number of hydrogen-bond acceptors (Lipinski definition) is 2. The van der Waals surface area contributed by atoms with Gasteiger partial charge in [0.15, 0.2) is 0 Å². The van der Waals surface area contributed by atoms with E-state index >= 15 is 0 Å². The quantitative estimate of drug-likeness (QED) is 0.653. The number of benzene rings is 2. The maximum Gasteiger partial charge on any atom is 0.138 e. The van der Waals surface area contributed by atoms with Gasteiger partial charge in [0, 0.05) is 4.47 Å². The zero-order valence-electron chi connectivity index (χ0n) is 8.65. The number of halogens is 1. The summed E-state index contributed by atoms with van der Waals surface area (Å²) in [6, 6.07) is 13.4. The standard InChI is InChI=1S/C13H12BrNO/c14-11-6-4-9(5-7-11)8-10-2-1-3-12(16)13(10)15/h1-7,16H,8,15H2. The summed E-state index contributed by atoms with van der Waals surface area (Å²) >= 11 is 3.39. The van der Waals surface area contributed by atoms with E-state index in [1.54, 1.807) is 12.1 Å². The highest BCUT2D eigenvalue weighted by Gasteiger charge is 2.04. The second-order valence-corrected chi connectivity index (χ2v) is 4.57. The molecule has 0 heterocycles. The summed E-state index contributed by atoms with van der Waals surface area (Å²) in [5.74, 6) is 0.148. The van der Waals surface area contributed by atoms with Gasteiger partial charge in [-0.1, -0.05) is 40.2 Å². The molecule has 0 amide bonds. The number of phenols is 1. The van der Waals surface area contributed by atoms with Crippen molar-refractivity contribution in [2.75, 3.05) is 5.73 Å². The van der Waals surface area contributed by atoms with Gasteiger partial charge >= 0.3 is 0 Å². The Hall–Kier alpha value is -1.48. The van der Waals surface area contributed by atoms with Crippen molar-refractivity contribution >= 4 is 21.6 Å². The smallest absolute Gasteiger partial charge is 0.138 e. The monoisotopic (exact) mass is 277 g/mol. The average molecular weight is 278 g/mol. The lowest BCUT2D eigenvalue weighted by atomic mass is 10.0. The van der Waals surface area contributed by atoms with Crippen LogP contribution in [0.3, 0.4) is 0 Å². The molecule has 16 heavy (non-hydrogen) atoms. The van der Waals surface area contributed by atoms with Crippen molar-refractivity contribution < 1.29 is 5.11 Å². The number of nitrogens with two attached hydrogens (primary N) is 1. The van der Waals surface area contributed by atoms with Crippen LogP contribution in [0.2, 0.25) is 0 Å². The van der Waals surface area contributed by atoms with Gasteiger partial charge in [-0.05, 0) is 35.7 Å². The van der Waals surface area contributed by atoms with E-state index < -0.39 is 0 Å². The van der Waals surface area contributed by atoms with Gasteiger partial charge in [-0.25, -0.2) is 0 Å². The lowest BCUT2D eigenvalue weighted by molar-refractivity contribution is 0.477. The highest BCUT2D eigenvalue weighted by atomic mass is 79.9. The zero-order chi connectivity index (χ0) is 11.5. The van der Waals surface area contributed by atoms with Gasteiger partial charge in [-0.3, -0.25) is 0 Å². The first-order valence-corrected chi connectivity index (χ1v) is 5.77. The Labute approximate surface area is 103 Å². The van der Waals surface area contributed by atoms with E-state index in [0.717, 1.165) is 16.5 Å². The van der Waals surface area contributed by atoms with Crippen LogP contribution in [-0.2, 0) is 6.42 Å². The summed E-state index contributed by atoms with van der Waals surface area (Å²) in [6.45, 7) is 0. The van der Waals surface area contributed by atoms with Gasteiger partial charge < -0.3 is 10.8 Å². The largest absolute Gasteiger partial charge is 0.506 e. The zero-order valence-corrected chi connectivity index (χ0v) is 10.2. The molecule has 0 atom stereocenters. The topological polar surface area (TPSA) is 46.2 Å². The number of para-hydroxylation sites is 1. The van der Waals surface area contributed by atoms with Crippen molar-refractivity contribution in [1.82, 2.24) is 0 Å². The third kappa shape index (κ3) is 2.36. The van der Waals surface area contributed by atoms with E-state index in [4.69, 9.17) is 5.73 Å². The van der Waals surface area contributed by atoms with E-state index in [1.165, 1.54) is 5.56 Å².